The van der Waals surface area contributed by atoms with E-state index < -0.39 is 5.91 Å². The minimum atomic E-state index is -0.591. The first-order chi connectivity index (χ1) is 15.8. The maximum absolute atomic E-state index is 12.6. The van der Waals surface area contributed by atoms with Gasteiger partial charge in [-0.05, 0) is 72.8 Å². The second-order valence-corrected chi connectivity index (χ2v) is 8.45. The summed E-state index contributed by atoms with van der Waals surface area (Å²) in [5.41, 5.74) is 1.38. The summed E-state index contributed by atoms with van der Waals surface area (Å²) in [6, 6.07) is 20.1. The lowest BCUT2D eigenvalue weighted by molar-refractivity contribution is -0.118. The van der Waals surface area contributed by atoms with Gasteiger partial charge in [0, 0.05) is 31.5 Å². The zero-order chi connectivity index (χ0) is 23.8. The number of amides is 2. The van der Waals surface area contributed by atoms with Crippen LogP contribution in [-0.4, -0.2) is 18.4 Å². The van der Waals surface area contributed by atoms with Crippen LogP contribution in [0.2, 0.25) is 10.0 Å². The highest BCUT2D eigenvalue weighted by atomic mass is 79.9. The Bertz CT molecular complexity index is 1240. The van der Waals surface area contributed by atoms with Crippen molar-refractivity contribution in [1.82, 2.24) is 0 Å². The largest absolute Gasteiger partial charge is 0.483 e. The number of rotatable bonds is 7. The highest BCUT2D eigenvalue weighted by Crippen LogP contribution is 2.26. The van der Waals surface area contributed by atoms with Crippen molar-refractivity contribution in [2.75, 3.05) is 17.2 Å². The molecule has 166 valence electrons. The summed E-state index contributed by atoms with van der Waals surface area (Å²) < 4.78 is 6.36. The van der Waals surface area contributed by atoms with Gasteiger partial charge in [0.25, 0.3) is 11.8 Å². The number of ether oxygens (including phenoxy) is 1. The first kappa shape index (κ1) is 24.3. The number of nitrogens with zero attached hydrogens (tertiary/aromatic N) is 1. The molecule has 33 heavy (non-hydrogen) atoms. The summed E-state index contributed by atoms with van der Waals surface area (Å²) in [5.74, 6) is -0.640. The van der Waals surface area contributed by atoms with Gasteiger partial charge in [-0.2, -0.15) is 5.26 Å². The van der Waals surface area contributed by atoms with Crippen molar-refractivity contribution in [2.24, 2.45) is 0 Å². The number of hydrogen-bond acceptors (Lipinski definition) is 4. The third-order valence-electron chi connectivity index (χ3n) is 4.23. The Morgan fingerprint density at radius 3 is 2.09 bits per heavy atom. The van der Waals surface area contributed by atoms with Gasteiger partial charge >= 0.3 is 0 Å². The Kier molecular flexibility index (Phi) is 8.50. The second-order valence-electron chi connectivity index (χ2n) is 6.66. The molecule has 0 aliphatic carbocycles. The van der Waals surface area contributed by atoms with Crippen LogP contribution < -0.4 is 15.4 Å². The van der Waals surface area contributed by atoms with E-state index in [1.165, 1.54) is 6.08 Å². The van der Waals surface area contributed by atoms with Gasteiger partial charge in [-0.1, -0.05) is 39.1 Å². The Morgan fingerprint density at radius 2 is 1.52 bits per heavy atom. The number of benzene rings is 3. The monoisotopic (exact) mass is 543 g/mol. The van der Waals surface area contributed by atoms with Crippen molar-refractivity contribution in [3.63, 3.8) is 0 Å². The molecular formula is C24H16BrCl2N3O3. The van der Waals surface area contributed by atoms with Crippen LogP contribution in [-0.2, 0) is 9.59 Å². The molecule has 0 saturated heterocycles. The number of nitriles is 1. The maximum atomic E-state index is 12.6. The molecule has 3 aromatic carbocycles. The molecule has 2 N–H and O–H groups in total. The summed E-state index contributed by atoms with van der Waals surface area (Å²) in [4.78, 5) is 24.8. The van der Waals surface area contributed by atoms with Gasteiger partial charge in [-0.25, -0.2) is 0 Å². The Morgan fingerprint density at radius 1 is 0.939 bits per heavy atom. The van der Waals surface area contributed by atoms with E-state index in [4.69, 9.17) is 27.9 Å². The van der Waals surface area contributed by atoms with E-state index in [-0.39, 0.29) is 18.1 Å². The van der Waals surface area contributed by atoms with Gasteiger partial charge in [0.15, 0.2) is 6.61 Å². The van der Waals surface area contributed by atoms with Crippen LogP contribution in [0.4, 0.5) is 11.4 Å². The number of carbonyl (C=O) groups excluding carboxylic acids is 2. The minimum absolute atomic E-state index is 0.140. The molecule has 0 aliphatic heterocycles. The van der Waals surface area contributed by atoms with E-state index in [9.17, 15) is 14.9 Å². The fraction of sp³-hybridized carbons (Fsp3) is 0.0417. The van der Waals surface area contributed by atoms with E-state index >= 15 is 0 Å². The number of hydrogen-bond donors (Lipinski definition) is 2. The molecule has 3 aromatic rings. The van der Waals surface area contributed by atoms with Crippen molar-refractivity contribution < 1.29 is 14.3 Å². The molecule has 0 aromatic heterocycles. The minimum Gasteiger partial charge on any atom is -0.483 e. The SMILES string of the molecule is N#C/C(=C\c1cc(Br)ccc1OCC(=O)Nc1ccc(Cl)cc1)C(=O)Nc1ccc(Cl)cc1. The summed E-state index contributed by atoms with van der Waals surface area (Å²) in [7, 11) is 0. The summed E-state index contributed by atoms with van der Waals surface area (Å²) >= 11 is 15.1. The molecule has 0 radical (unpaired) electrons. The highest BCUT2D eigenvalue weighted by Gasteiger charge is 2.13. The average molecular weight is 545 g/mol. The predicted octanol–water partition coefficient (Wildman–Crippen LogP) is 6.32. The second kappa shape index (κ2) is 11.5. The Labute approximate surface area is 208 Å². The normalized spacial score (nSPS) is 10.8. The van der Waals surface area contributed by atoms with Crippen LogP contribution >= 0.6 is 39.1 Å². The van der Waals surface area contributed by atoms with E-state index in [0.717, 1.165) is 0 Å². The predicted molar refractivity (Wildman–Crippen MR) is 133 cm³/mol. The summed E-state index contributed by atoms with van der Waals surface area (Å²) in [6.45, 7) is -0.274. The smallest absolute Gasteiger partial charge is 0.266 e. The topological polar surface area (TPSA) is 91.2 Å². The van der Waals surface area contributed by atoms with Gasteiger partial charge in [-0.15, -0.1) is 0 Å². The summed E-state index contributed by atoms with van der Waals surface area (Å²) in [5, 5.41) is 15.9. The molecule has 0 saturated carbocycles. The van der Waals surface area contributed by atoms with Crippen molar-refractivity contribution in [2.45, 2.75) is 0 Å². The fourth-order valence-electron chi connectivity index (χ4n) is 2.67. The lowest BCUT2D eigenvalue weighted by Gasteiger charge is -2.11. The molecule has 0 bridgehead atoms. The van der Waals surface area contributed by atoms with Crippen LogP contribution in [0.5, 0.6) is 5.75 Å². The maximum Gasteiger partial charge on any atom is 0.266 e. The van der Waals surface area contributed by atoms with Crippen molar-refractivity contribution in [3.8, 4) is 11.8 Å². The molecule has 0 unspecified atom stereocenters. The van der Waals surface area contributed by atoms with E-state index in [0.29, 0.717) is 37.2 Å². The van der Waals surface area contributed by atoms with E-state index in [1.54, 1.807) is 66.7 Å². The third kappa shape index (κ3) is 7.36. The number of nitrogens with one attached hydrogen (secondary N) is 2. The van der Waals surface area contributed by atoms with Crippen LogP contribution in [0, 0.1) is 11.3 Å². The molecule has 0 heterocycles. The zero-order valence-corrected chi connectivity index (χ0v) is 20.0. The number of anilines is 2. The molecule has 2 amide bonds. The van der Waals surface area contributed by atoms with Crippen molar-refractivity contribution in [1.29, 1.82) is 5.26 Å². The van der Waals surface area contributed by atoms with Gasteiger partial charge < -0.3 is 15.4 Å². The van der Waals surface area contributed by atoms with Crippen LogP contribution in [0.25, 0.3) is 6.08 Å². The average Bonchev–Trinajstić information content (AvgIpc) is 2.79. The van der Waals surface area contributed by atoms with E-state index in [2.05, 4.69) is 26.6 Å². The molecule has 6 nitrogen and oxygen atoms in total. The number of carbonyl (C=O) groups is 2. The lowest BCUT2D eigenvalue weighted by atomic mass is 10.1. The molecule has 0 spiro atoms. The first-order valence-electron chi connectivity index (χ1n) is 9.50. The molecule has 0 fully saturated rings. The van der Waals surface area contributed by atoms with Crippen LogP contribution in [0.1, 0.15) is 5.56 Å². The van der Waals surface area contributed by atoms with Crippen LogP contribution in [0.3, 0.4) is 0 Å². The molecule has 0 atom stereocenters. The zero-order valence-electron chi connectivity index (χ0n) is 16.9. The van der Waals surface area contributed by atoms with Gasteiger partial charge in [0.05, 0.1) is 0 Å². The lowest BCUT2D eigenvalue weighted by Crippen LogP contribution is -2.20. The quantitative estimate of drug-likeness (QED) is 0.269. The number of halogens is 3. The highest BCUT2D eigenvalue weighted by molar-refractivity contribution is 9.10. The molecule has 9 heteroatoms. The first-order valence-corrected chi connectivity index (χ1v) is 11.1. The summed E-state index contributed by atoms with van der Waals surface area (Å²) in [6.07, 6.45) is 1.39. The van der Waals surface area contributed by atoms with E-state index in [1.807, 2.05) is 6.07 Å². The van der Waals surface area contributed by atoms with Crippen molar-refractivity contribution in [3.05, 3.63) is 92.4 Å². The standard InChI is InChI=1S/C24H16BrCl2N3O3/c25-17-1-10-22(33-14-23(31)29-20-6-2-18(26)3-7-20)15(12-17)11-16(13-28)24(32)30-21-8-4-19(27)5-9-21/h1-12H,14H2,(H,29,31)(H,30,32)/b16-11+. The Balaban J connectivity index is 1.73. The van der Waals surface area contributed by atoms with Gasteiger partial charge in [0.2, 0.25) is 0 Å². The fourth-order valence-corrected chi connectivity index (χ4v) is 3.30. The van der Waals surface area contributed by atoms with Gasteiger partial charge in [0.1, 0.15) is 17.4 Å². The molecular weight excluding hydrogens is 529 g/mol. The third-order valence-corrected chi connectivity index (χ3v) is 5.22. The van der Waals surface area contributed by atoms with Gasteiger partial charge in [-0.3, -0.25) is 9.59 Å². The Hall–Kier alpha value is -3.31. The van der Waals surface area contributed by atoms with Crippen LogP contribution in [0.15, 0.2) is 76.8 Å². The molecule has 3 rings (SSSR count). The van der Waals surface area contributed by atoms with Crippen molar-refractivity contribution >= 4 is 68.4 Å². The molecule has 0 aliphatic rings.